The van der Waals surface area contributed by atoms with Crippen molar-refractivity contribution in [1.82, 2.24) is 9.97 Å². The summed E-state index contributed by atoms with van der Waals surface area (Å²) < 4.78 is 0. The Labute approximate surface area is 134 Å². The van der Waals surface area contributed by atoms with Crippen LogP contribution in [0.4, 0.5) is 5.82 Å². The second-order valence-corrected chi connectivity index (χ2v) is 6.52. The lowest BCUT2D eigenvalue weighted by Gasteiger charge is -2.02. The summed E-state index contributed by atoms with van der Waals surface area (Å²) in [5.41, 5.74) is 6.50. The Morgan fingerprint density at radius 1 is 1.24 bits per heavy atom. The molecule has 1 aromatic carbocycles. The van der Waals surface area contributed by atoms with E-state index in [-0.39, 0.29) is 11.5 Å². The standard InChI is InChI=1S/C14H10ClN3OS2/c15-9-3-1-8(2-4-9)11(19)7-21-14-17-12(16)10-5-6-20-13(10)18-14/h1-6H,7H2,(H2,16,17,18). The van der Waals surface area contributed by atoms with Gasteiger partial charge in [0.15, 0.2) is 10.9 Å². The summed E-state index contributed by atoms with van der Waals surface area (Å²) in [5.74, 6) is 0.714. The summed E-state index contributed by atoms with van der Waals surface area (Å²) in [4.78, 5) is 21.5. The van der Waals surface area contributed by atoms with Crippen molar-refractivity contribution in [2.24, 2.45) is 0 Å². The van der Waals surface area contributed by atoms with Crippen molar-refractivity contribution in [2.75, 3.05) is 11.5 Å². The Bertz CT molecular complexity index is 802. The van der Waals surface area contributed by atoms with Gasteiger partial charge in [-0.05, 0) is 35.7 Å². The first kappa shape index (κ1) is 14.3. The number of carbonyl (C=O) groups excluding carboxylic acids is 1. The molecule has 0 aliphatic carbocycles. The second kappa shape index (κ2) is 6.01. The molecular weight excluding hydrogens is 326 g/mol. The molecule has 21 heavy (non-hydrogen) atoms. The maximum Gasteiger partial charge on any atom is 0.191 e. The molecule has 7 heteroatoms. The number of benzene rings is 1. The molecule has 3 rings (SSSR count). The molecule has 2 heterocycles. The quantitative estimate of drug-likeness (QED) is 0.445. The Morgan fingerprint density at radius 3 is 2.76 bits per heavy atom. The molecule has 3 aromatic rings. The fourth-order valence-corrected chi connectivity index (χ4v) is 3.47. The molecule has 0 radical (unpaired) electrons. The maximum atomic E-state index is 12.1. The van der Waals surface area contributed by atoms with Crippen LogP contribution in [-0.2, 0) is 0 Å². The lowest BCUT2D eigenvalue weighted by atomic mass is 10.1. The molecule has 0 spiro atoms. The molecular formula is C14H10ClN3OS2. The van der Waals surface area contributed by atoms with Gasteiger partial charge in [-0.1, -0.05) is 23.4 Å². The van der Waals surface area contributed by atoms with Crippen molar-refractivity contribution in [3.63, 3.8) is 0 Å². The highest BCUT2D eigenvalue weighted by atomic mass is 35.5. The van der Waals surface area contributed by atoms with Crippen LogP contribution in [0.25, 0.3) is 10.2 Å². The van der Waals surface area contributed by atoms with Crippen LogP contribution in [0.3, 0.4) is 0 Å². The van der Waals surface area contributed by atoms with Crippen LogP contribution >= 0.6 is 34.7 Å². The lowest BCUT2D eigenvalue weighted by molar-refractivity contribution is 0.102. The van der Waals surface area contributed by atoms with Gasteiger partial charge >= 0.3 is 0 Å². The molecule has 0 saturated carbocycles. The number of nitrogens with zero attached hydrogens (tertiary/aromatic N) is 2. The molecule has 2 aromatic heterocycles. The van der Waals surface area contributed by atoms with Gasteiger partial charge in [0.2, 0.25) is 0 Å². The third kappa shape index (κ3) is 3.18. The van der Waals surface area contributed by atoms with Crippen molar-refractivity contribution in [3.05, 3.63) is 46.3 Å². The topological polar surface area (TPSA) is 68.9 Å². The van der Waals surface area contributed by atoms with Gasteiger partial charge in [0.1, 0.15) is 10.6 Å². The average Bonchev–Trinajstić information content (AvgIpc) is 2.94. The molecule has 0 unspecified atom stereocenters. The first-order valence-electron chi connectivity index (χ1n) is 6.06. The van der Waals surface area contributed by atoms with E-state index >= 15 is 0 Å². The zero-order chi connectivity index (χ0) is 14.8. The Kier molecular flexibility index (Phi) is 4.10. The first-order valence-corrected chi connectivity index (χ1v) is 8.30. The predicted molar refractivity (Wildman–Crippen MR) is 88.3 cm³/mol. The van der Waals surface area contributed by atoms with Crippen LogP contribution in [0.15, 0.2) is 40.9 Å². The van der Waals surface area contributed by atoms with E-state index in [1.807, 2.05) is 11.4 Å². The van der Waals surface area contributed by atoms with Crippen molar-refractivity contribution in [1.29, 1.82) is 0 Å². The number of rotatable bonds is 4. The fraction of sp³-hybridized carbons (Fsp3) is 0.0714. The number of halogens is 1. The van der Waals surface area contributed by atoms with Gasteiger partial charge in [0, 0.05) is 10.6 Å². The van der Waals surface area contributed by atoms with Gasteiger partial charge < -0.3 is 5.73 Å². The van der Waals surface area contributed by atoms with Crippen LogP contribution in [0.5, 0.6) is 0 Å². The molecule has 0 aliphatic heterocycles. The molecule has 106 valence electrons. The van der Waals surface area contributed by atoms with E-state index in [9.17, 15) is 4.79 Å². The first-order chi connectivity index (χ1) is 10.1. The van der Waals surface area contributed by atoms with E-state index in [1.165, 1.54) is 23.1 Å². The Morgan fingerprint density at radius 2 is 2.00 bits per heavy atom. The van der Waals surface area contributed by atoms with E-state index in [0.717, 1.165) is 10.2 Å². The number of thiophene rings is 1. The van der Waals surface area contributed by atoms with Gasteiger partial charge in [0.05, 0.1) is 11.1 Å². The van der Waals surface area contributed by atoms with Crippen molar-refractivity contribution in [3.8, 4) is 0 Å². The number of hydrogen-bond acceptors (Lipinski definition) is 6. The van der Waals surface area contributed by atoms with Crippen LogP contribution in [0.1, 0.15) is 10.4 Å². The second-order valence-electron chi connectivity index (χ2n) is 4.25. The van der Waals surface area contributed by atoms with Crippen molar-refractivity contribution in [2.45, 2.75) is 5.16 Å². The van der Waals surface area contributed by atoms with E-state index in [4.69, 9.17) is 17.3 Å². The van der Waals surface area contributed by atoms with Gasteiger partial charge in [-0.15, -0.1) is 11.3 Å². The summed E-state index contributed by atoms with van der Waals surface area (Å²) in [6.07, 6.45) is 0. The predicted octanol–water partition coefficient (Wildman–Crippen LogP) is 3.90. The molecule has 0 saturated heterocycles. The van der Waals surface area contributed by atoms with Crippen LogP contribution in [0.2, 0.25) is 5.02 Å². The number of hydrogen-bond donors (Lipinski definition) is 1. The van der Waals surface area contributed by atoms with Gasteiger partial charge in [0.25, 0.3) is 0 Å². The van der Waals surface area contributed by atoms with Crippen LogP contribution < -0.4 is 5.73 Å². The molecule has 2 N–H and O–H groups in total. The van der Waals surface area contributed by atoms with E-state index in [0.29, 0.717) is 21.6 Å². The number of nitrogen functional groups attached to an aromatic ring is 1. The molecule has 4 nitrogen and oxygen atoms in total. The molecule has 0 atom stereocenters. The number of Topliss-reactive ketones (excluding diaryl/α,β-unsaturated/α-hetero) is 1. The normalized spacial score (nSPS) is 10.9. The number of aromatic nitrogens is 2. The maximum absolute atomic E-state index is 12.1. The SMILES string of the molecule is Nc1nc(SCC(=O)c2ccc(Cl)cc2)nc2sccc12. The minimum Gasteiger partial charge on any atom is -0.383 e. The van der Waals surface area contributed by atoms with Crippen molar-refractivity contribution < 1.29 is 4.79 Å². The monoisotopic (exact) mass is 335 g/mol. The number of thioether (sulfide) groups is 1. The minimum atomic E-state index is 0.00474. The highest BCUT2D eigenvalue weighted by molar-refractivity contribution is 7.99. The Hall–Kier alpha value is -1.63. The van der Waals surface area contributed by atoms with Gasteiger partial charge in [-0.3, -0.25) is 4.79 Å². The summed E-state index contributed by atoms with van der Waals surface area (Å²) in [6.45, 7) is 0. The number of ketones is 1. The number of nitrogens with two attached hydrogens (primary N) is 1. The summed E-state index contributed by atoms with van der Waals surface area (Å²) >= 11 is 8.59. The third-order valence-corrected chi connectivity index (χ3v) is 4.74. The van der Waals surface area contributed by atoms with Crippen LogP contribution in [-0.4, -0.2) is 21.5 Å². The molecule has 0 amide bonds. The summed E-state index contributed by atoms with van der Waals surface area (Å²) in [7, 11) is 0. The zero-order valence-electron chi connectivity index (χ0n) is 10.7. The number of anilines is 1. The summed E-state index contributed by atoms with van der Waals surface area (Å²) in [5, 5.41) is 3.90. The summed E-state index contributed by atoms with van der Waals surface area (Å²) in [6, 6.07) is 8.71. The minimum absolute atomic E-state index is 0.00474. The number of fused-ring (bicyclic) bond motifs is 1. The fourth-order valence-electron chi connectivity index (χ4n) is 1.77. The van der Waals surface area contributed by atoms with Crippen LogP contribution in [0, 0.1) is 0 Å². The van der Waals surface area contributed by atoms with E-state index in [1.54, 1.807) is 24.3 Å². The molecule has 0 fully saturated rings. The van der Waals surface area contributed by atoms with Gasteiger partial charge in [-0.25, -0.2) is 9.97 Å². The van der Waals surface area contributed by atoms with E-state index in [2.05, 4.69) is 9.97 Å². The average molecular weight is 336 g/mol. The van der Waals surface area contributed by atoms with E-state index < -0.39 is 0 Å². The largest absolute Gasteiger partial charge is 0.383 e. The molecule has 0 bridgehead atoms. The van der Waals surface area contributed by atoms with Crippen molar-refractivity contribution >= 4 is 56.5 Å². The highest BCUT2D eigenvalue weighted by Crippen LogP contribution is 2.26. The molecule has 0 aliphatic rings. The number of carbonyl (C=O) groups is 1. The zero-order valence-corrected chi connectivity index (χ0v) is 13.1. The highest BCUT2D eigenvalue weighted by Gasteiger charge is 2.10. The lowest BCUT2D eigenvalue weighted by Crippen LogP contribution is -2.03. The smallest absolute Gasteiger partial charge is 0.191 e. The third-order valence-electron chi connectivity index (χ3n) is 2.83. The van der Waals surface area contributed by atoms with Gasteiger partial charge in [-0.2, -0.15) is 0 Å². The Balaban J connectivity index is 1.73.